The molecule has 1 fully saturated rings. The van der Waals surface area contributed by atoms with E-state index in [0.717, 1.165) is 0 Å². The van der Waals surface area contributed by atoms with Gasteiger partial charge in [0.1, 0.15) is 0 Å². The van der Waals surface area contributed by atoms with Crippen molar-refractivity contribution in [3.8, 4) is 0 Å². The van der Waals surface area contributed by atoms with Crippen LogP contribution < -0.4 is 0 Å². The highest BCUT2D eigenvalue weighted by Gasteiger charge is 2.26. The van der Waals surface area contributed by atoms with Crippen molar-refractivity contribution >= 4 is 10.8 Å². The standard InChI is InChI=1S/C6H10OS/c1-2-5-8(7)6-3-4-6/h2,6H,1,3-5H2. The summed E-state index contributed by atoms with van der Waals surface area (Å²) in [4.78, 5) is 0. The molecule has 1 nitrogen and oxygen atoms in total. The van der Waals surface area contributed by atoms with E-state index in [1.807, 2.05) is 0 Å². The summed E-state index contributed by atoms with van der Waals surface area (Å²) in [5, 5.41) is 0.521. The first-order valence-corrected chi connectivity index (χ1v) is 4.21. The normalized spacial score (nSPS) is 22.5. The predicted molar refractivity (Wildman–Crippen MR) is 36.2 cm³/mol. The fourth-order valence-electron chi connectivity index (χ4n) is 0.583. The van der Waals surface area contributed by atoms with E-state index in [2.05, 4.69) is 6.58 Å². The Morgan fingerprint density at radius 1 is 1.75 bits per heavy atom. The molecule has 0 aromatic carbocycles. The molecule has 0 spiro atoms. The van der Waals surface area contributed by atoms with E-state index in [4.69, 9.17) is 0 Å². The Morgan fingerprint density at radius 3 is 2.75 bits per heavy atom. The Bertz CT molecular complexity index is 116. The molecule has 0 amide bonds. The van der Waals surface area contributed by atoms with Crippen LogP contribution in [-0.2, 0) is 10.8 Å². The first-order valence-electron chi connectivity index (χ1n) is 2.82. The minimum Gasteiger partial charge on any atom is -0.259 e. The summed E-state index contributed by atoms with van der Waals surface area (Å²) in [7, 11) is -0.579. The smallest absolute Gasteiger partial charge is 0.0415 e. The van der Waals surface area contributed by atoms with Gasteiger partial charge in [0, 0.05) is 21.8 Å². The Balaban J connectivity index is 2.22. The SMILES string of the molecule is C=CCS(=O)C1CC1. The van der Waals surface area contributed by atoms with Gasteiger partial charge >= 0.3 is 0 Å². The van der Waals surface area contributed by atoms with Gasteiger partial charge in [0.15, 0.2) is 0 Å². The van der Waals surface area contributed by atoms with E-state index in [-0.39, 0.29) is 0 Å². The van der Waals surface area contributed by atoms with Gasteiger partial charge in [-0.25, -0.2) is 0 Å². The van der Waals surface area contributed by atoms with Crippen molar-refractivity contribution < 1.29 is 4.21 Å². The van der Waals surface area contributed by atoms with E-state index in [1.165, 1.54) is 12.8 Å². The van der Waals surface area contributed by atoms with Gasteiger partial charge in [-0.1, -0.05) is 6.08 Å². The zero-order chi connectivity index (χ0) is 5.98. The van der Waals surface area contributed by atoms with Crippen LogP contribution in [0.25, 0.3) is 0 Å². The van der Waals surface area contributed by atoms with Gasteiger partial charge in [0.2, 0.25) is 0 Å². The Kier molecular flexibility index (Phi) is 1.84. The summed E-state index contributed by atoms with van der Waals surface area (Å²) < 4.78 is 10.8. The van der Waals surface area contributed by atoms with Crippen molar-refractivity contribution in [3.63, 3.8) is 0 Å². The molecular weight excluding hydrogens is 120 g/mol. The highest BCUT2D eigenvalue weighted by Crippen LogP contribution is 2.25. The molecule has 8 heavy (non-hydrogen) atoms. The average Bonchev–Trinajstić information content (AvgIpc) is 2.45. The monoisotopic (exact) mass is 130 g/mol. The van der Waals surface area contributed by atoms with Gasteiger partial charge in [-0.15, -0.1) is 6.58 Å². The highest BCUT2D eigenvalue weighted by molar-refractivity contribution is 7.86. The lowest BCUT2D eigenvalue weighted by Crippen LogP contribution is -1.98. The highest BCUT2D eigenvalue weighted by atomic mass is 32.2. The van der Waals surface area contributed by atoms with E-state index >= 15 is 0 Å². The Morgan fingerprint density at radius 2 is 2.38 bits per heavy atom. The van der Waals surface area contributed by atoms with Crippen LogP contribution in [0.3, 0.4) is 0 Å². The molecule has 0 bridgehead atoms. The molecule has 1 atom stereocenters. The van der Waals surface area contributed by atoms with Crippen LogP contribution in [0, 0.1) is 0 Å². The third kappa shape index (κ3) is 1.44. The molecule has 0 saturated heterocycles. The molecule has 0 N–H and O–H groups in total. The molecule has 1 unspecified atom stereocenters. The minimum atomic E-state index is -0.579. The summed E-state index contributed by atoms with van der Waals surface area (Å²) in [6, 6.07) is 0. The van der Waals surface area contributed by atoms with Crippen LogP contribution in [0.5, 0.6) is 0 Å². The van der Waals surface area contributed by atoms with E-state index < -0.39 is 10.8 Å². The van der Waals surface area contributed by atoms with E-state index in [1.54, 1.807) is 6.08 Å². The van der Waals surface area contributed by atoms with Crippen molar-refractivity contribution in [1.82, 2.24) is 0 Å². The van der Waals surface area contributed by atoms with Crippen molar-refractivity contribution in [1.29, 1.82) is 0 Å². The Labute approximate surface area is 52.2 Å². The second-order valence-corrected chi connectivity index (χ2v) is 3.80. The molecule has 2 heteroatoms. The molecule has 1 saturated carbocycles. The Hall–Kier alpha value is -0.110. The fourth-order valence-corrected chi connectivity index (χ4v) is 1.75. The maximum Gasteiger partial charge on any atom is 0.0415 e. The first kappa shape index (κ1) is 6.02. The van der Waals surface area contributed by atoms with E-state index in [9.17, 15) is 4.21 Å². The summed E-state index contributed by atoms with van der Waals surface area (Å²) >= 11 is 0. The molecule has 1 rings (SSSR count). The first-order chi connectivity index (χ1) is 3.84. The lowest BCUT2D eigenvalue weighted by molar-refractivity contribution is 0.684. The van der Waals surface area contributed by atoms with Crippen LogP contribution in [0.4, 0.5) is 0 Å². The number of hydrogen-bond acceptors (Lipinski definition) is 1. The number of rotatable bonds is 3. The quantitative estimate of drug-likeness (QED) is 0.522. The fraction of sp³-hybridized carbons (Fsp3) is 0.667. The van der Waals surface area contributed by atoms with Gasteiger partial charge in [0.05, 0.1) is 0 Å². The summed E-state index contributed by atoms with van der Waals surface area (Å²) in [6.45, 7) is 3.52. The summed E-state index contributed by atoms with van der Waals surface area (Å²) in [5.41, 5.74) is 0. The van der Waals surface area contributed by atoms with E-state index in [0.29, 0.717) is 11.0 Å². The van der Waals surface area contributed by atoms with Crippen molar-refractivity contribution in [2.45, 2.75) is 18.1 Å². The predicted octanol–water partition coefficient (Wildman–Crippen LogP) is 1.08. The molecule has 0 aromatic rings. The third-order valence-corrected chi connectivity index (χ3v) is 2.96. The minimum absolute atomic E-state index is 0.521. The molecule has 0 heterocycles. The van der Waals surface area contributed by atoms with Crippen LogP contribution in [-0.4, -0.2) is 15.2 Å². The maximum atomic E-state index is 10.8. The van der Waals surface area contributed by atoms with Crippen LogP contribution in [0.1, 0.15) is 12.8 Å². The van der Waals surface area contributed by atoms with Crippen LogP contribution >= 0.6 is 0 Å². The summed E-state index contributed by atoms with van der Waals surface area (Å²) in [6.07, 6.45) is 4.06. The molecule has 46 valence electrons. The van der Waals surface area contributed by atoms with Gasteiger partial charge in [0.25, 0.3) is 0 Å². The second kappa shape index (κ2) is 2.44. The van der Waals surface area contributed by atoms with Gasteiger partial charge in [-0.05, 0) is 12.8 Å². The lowest BCUT2D eigenvalue weighted by Gasteiger charge is -1.88. The van der Waals surface area contributed by atoms with Crippen molar-refractivity contribution in [3.05, 3.63) is 12.7 Å². The topological polar surface area (TPSA) is 17.1 Å². The average molecular weight is 130 g/mol. The zero-order valence-corrected chi connectivity index (χ0v) is 5.62. The van der Waals surface area contributed by atoms with Crippen LogP contribution in [0.2, 0.25) is 0 Å². The molecule has 0 radical (unpaired) electrons. The third-order valence-electron chi connectivity index (χ3n) is 1.18. The maximum absolute atomic E-state index is 10.8. The number of hydrogen-bond donors (Lipinski definition) is 0. The van der Waals surface area contributed by atoms with Gasteiger partial charge in [-0.2, -0.15) is 0 Å². The largest absolute Gasteiger partial charge is 0.259 e. The molecule has 0 aliphatic heterocycles. The molecule has 1 aliphatic carbocycles. The summed E-state index contributed by atoms with van der Waals surface area (Å²) in [5.74, 6) is 0.685. The zero-order valence-electron chi connectivity index (χ0n) is 4.80. The van der Waals surface area contributed by atoms with Gasteiger partial charge < -0.3 is 0 Å². The van der Waals surface area contributed by atoms with Gasteiger partial charge in [-0.3, -0.25) is 4.21 Å². The van der Waals surface area contributed by atoms with Crippen molar-refractivity contribution in [2.24, 2.45) is 0 Å². The second-order valence-electron chi connectivity index (χ2n) is 2.04. The van der Waals surface area contributed by atoms with Crippen molar-refractivity contribution in [2.75, 3.05) is 5.75 Å². The molecule has 0 aromatic heterocycles. The molecule has 1 aliphatic rings. The molecular formula is C6H10OS. The lowest BCUT2D eigenvalue weighted by atomic mass is 10.8. The van der Waals surface area contributed by atoms with Crippen LogP contribution in [0.15, 0.2) is 12.7 Å².